The summed E-state index contributed by atoms with van der Waals surface area (Å²) in [4.78, 5) is 61.0. The molecule has 17 heteroatoms. The van der Waals surface area contributed by atoms with Crippen molar-refractivity contribution in [3.05, 3.63) is 130 Å². The van der Waals surface area contributed by atoms with E-state index in [1.54, 1.807) is 19.2 Å². The Bertz CT molecular complexity index is 3190. The Morgan fingerprint density at radius 3 is 2.47 bits per heavy atom. The first-order valence-electron chi connectivity index (χ1n) is 27.8. The summed E-state index contributed by atoms with van der Waals surface area (Å²) >= 11 is 0. The highest BCUT2D eigenvalue weighted by Gasteiger charge is 2.63. The number of hydrogen-bond acceptors (Lipinski definition) is 13. The number of hydrogen-bond donors (Lipinski definition) is 4. The standard InChI is InChI=1S/C61H72FN9O7/c1-36(2)44-9-7-8-10-45(44)52-35-69(34-39-15-18-43(76-5)19-16-39)23-24-71(52)42-29-61(30-42)21-22-70(50-28-48(50)61)41-17-20-46(53(26-41)78-54-27-47-49(62)33-65-56(47)66-60(54)77-6)58(73)67-59(74)55(72)40-25-51(68(4)75)57(64-32-40)63-31-38-13-11-37(3)12-14-38/h7-10,15-20,25-27,32-33,36-38,42,48,50,52,68H,11-14,21-24,28-31,34-35H2,1-6H3,(H,63,64)(H,65,66)(H,67,73,74)/t37-,38+,42?,48?,50?,52?,61?. The second kappa shape index (κ2) is 22.1. The molecule has 3 aromatic carbocycles. The summed E-state index contributed by atoms with van der Waals surface area (Å²) < 4.78 is 32.5. The number of imide groups is 1. The number of aromatic amines is 1. The number of benzene rings is 3. The highest BCUT2D eigenvalue weighted by atomic mass is 19.1. The number of hydroxylamine groups is 1. The van der Waals surface area contributed by atoms with Crippen LogP contribution in [-0.2, 0) is 11.3 Å². The Morgan fingerprint density at radius 2 is 1.73 bits per heavy atom. The van der Waals surface area contributed by atoms with Crippen molar-refractivity contribution in [1.82, 2.24) is 30.1 Å². The molecule has 0 radical (unpaired) electrons. The topological polar surface area (TPSA) is 182 Å². The lowest BCUT2D eigenvalue weighted by atomic mass is 9.58. The largest absolute Gasteiger partial charge is 0.629 e. The first-order chi connectivity index (χ1) is 37.7. The first-order valence-corrected chi connectivity index (χ1v) is 27.8. The van der Waals surface area contributed by atoms with Crippen LogP contribution in [0.15, 0.2) is 91.3 Å². The number of nitrogens with zero attached hydrogens (tertiary/aromatic N) is 5. The third-order valence-corrected chi connectivity index (χ3v) is 17.8. The summed E-state index contributed by atoms with van der Waals surface area (Å²) in [6, 6.07) is 26.5. The van der Waals surface area contributed by atoms with E-state index in [-0.39, 0.29) is 67.8 Å². The van der Waals surface area contributed by atoms with E-state index >= 15 is 0 Å². The Morgan fingerprint density at radius 1 is 0.949 bits per heavy atom. The number of methoxy groups -OCH3 is 2. The Kier molecular flexibility index (Phi) is 15.0. The van der Waals surface area contributed by atoms with Crippen LogP contribution in [0.2, 0.25) is 0 Å². The number of piperidine rings is 1. The van der Waals surface area contributed by atoms with Crippen molar-refractivity contribution >= 4 is 45.8 Å². The predicted molar refractivity (Wildman–Crippen MR) is 297 cm³/mol. The van der Waals surface area contributed by atoms with Crippen molar-refractivity contribution in [3.8, 4) is 23.1 Å². The molecule has 3 aromatic heterocycles. The summed E-state index contributed by atoms with van der Waals surface area (Å²) in [6.45, 7) is 12.1. The van der Waals surface area contributed by atoms with Gasteiger partial charge in [0.15, 0.2) is 17.3 Å². The molecule has 410 valence electrons. The van der Waals surface area contributed by atoms with Crippen LogP contribution in [0.25, 0.3) is 11.0 Å². The average Bonchev–Trinajstić information content (AvgIpc) is 4.01. The highest BCUT2D eigenvalue weighted by molar-refractivity contribution is 6.45. The van der Waals surface area contributed by atoms with Gasteiger partial charge < -0.3 is 39.7 Å². The molecular formula is C61H72FN9O7. The minimum Gasteiger partial charge on any atom is -0.629 e. The number of halogens is 1. The number of pyridine rings is 2. The van der Waals surface area contributed by atoms with E-state index in [2.05, 4.69) is 97.5 Å². The van der Waals surface area contributed by atoms with Gasteiger partial charge in [0.05, 0.1) is 37.8 Å². The molecule has 11 rings (SSSR count). The summed E-state index contributed by atoms with van der Waals surface area (Å²) in [5.74, 6) is -0.260. The van der Waals surface area contributed by atoms with Gasteiger partial charge in [0.25, 0.3) is 23.5 Å². The summed E-state index contributed by atoms with van der Waals surface area (Å²) in [7, 11) is 4.50. The van der Waals surface area contributed by atoms with Gasteiger partial charge in [0.1, 0.15) is 23.0 Å². The van der Waals surface area contributed by atoms with Crippen LogP contribution in [0.5, 0.6) is 23.1 Å². The molecule has 4 atom stereocenters. The molecule has 2 aliphatic heterocycles. The minimum atomic E-state index is -1.20. The number of amides is 2. The van der Waals surface area contributed by atoms with Crippen LogP contribution < -0.4 is 34.8 Å². The molecule has 3 saturated carbocycles. The number of aromatic nitrogens is 3. The number of quaternary nitrogens is 1. The van der Waals surface area contributed by atoms with Gasteiger partial charge in [0.2, 0.25) is 0 Å². The molecule has 2 amide bonds. The molecule has 5 fully saturated rings. The maximum absolute atomic E-state index is 15.0. The van der Waals surface area contributed by atoms with E-state index in [0.29, 0.717) is 42.1 Å². The molecule has 5 aliphatic rings. The molecule has 16 nitrogen and oxygen atoms in total. The second-order valence-corrected chi connectivity index (χ2v) is 23.0. The summed E-state index contributed by atoms with van der Waals surface area (Å²) in [5.41, 5.74) is 5.45. The molecule has 4 N–H and O–H groups in total. The van der Waals surface area contributed by atoms with Crippen molar-refractivity contribution < 1.29 is 38.0 Å². The van der Waals surface area contributed by atoms with E-state index in [1.165, 1.54) is 55.4 Å². The molecule has 6 aromatic rings. The fourth-order valence-electron chi connectivity index (χ4n) is 13.3. The van der Waals surface area contributed by atoms with Crippen LogP contribution in [-0.4, -0.2) is 108 Å². The third kappa shape index (κ3) is 10.7. The lowest BCUT2D eigenvalue weighted by molar-refractivity contribution is -0.750. The lowest BCUT2D eigenvalue weighted by Crippen LogP contribution is -2.98. The number of H-pyrrole nitrogens is 1. The maximum Gasteiger partial charge on any atom is 0.299 e. The fraction of sp³-hybridized carbons (Fsp3) is 0.459. The smallest absolute Gasteiger partial charge is 0.299 e. The SMILES string of the molecule is COc1ccc(CN2CCN(C3CC4(CCN(c5ccc(C(=O)NC(=O)C(=O)c6cnc(NC[C@H]7CC[C@@H](C)CC7)c([NH+](C)[O-])c6)c(Oc6cc7c(F)c[nH]c7nc6OC)c5)C5CC54)C3)C(c3ccccc3C(C)C)C2)cc1. The van der Waals surface area contributed by atoms with Gasteiger partial charge in [-0.3, -0.25) is 29.5 Å². The van der Waals surface area contributed by atoms with E-state index in [1.807, 2.05) is 18.2 Å². The van der Waals surface area contributed by atoms with Gasteiger partial charge in [0, 0.05) is 93.7 Å². The Labute approximate surface area is 455 Å². The molecule has 4 unspecified atom stereocenters. The predicted octanol–water partition coefficient (Wildman–Crippen LogP) is 9.36. The summed E-state index contributed by atoms with van der Waals surface area (Å²) in [5, 5.41) is 18.2. The van der Waals surface area contributed by atoms with Gasteiger partial charge in [-0.25, -0.2) is 9.37 Å². The Balaban J connectivity index is 0.803. The van der Waals surface area contributed by atoms with E-state index in [4.69, 9.17) is 14.2 Å². The van der Waals surface area contributed by atoms with Crippen LogP contribution in [0.1, 0.15) is 122 Å². The Hall–Kier alpha value is -6.92. The highest BCUT2D eigenvalue weighted by Crippen LogP contribution is 2.65. The lowest BCUT2D eigenvalue weighted by Gasteiger charge is -2.58. The van der Waals surface area contributed by atoms with Gasteiger partial charge in [-0.2, -0.15) is 4.98 Å². The van der Waals surface area contributed by atoms with Crippen LogP contribution >= 0.6 is 0 Å². The number of carbonyl (C=O) groups is 3. The van der Waals surface area contributed by atoms with Crippen molar-refractivity contribution in [2.24, 2.45) is 23.2 Å². The monoisotopic (exact) mass is 1060 g/mol. The van der Waals surface area contributed by atoms with Crippen molar-refractivity contribution in [1.29, 1.82) is 0 Å². The zero-order valence-electron chi connectivity index (χ0n) is 45.6. The van der Waals surface area contributed by atoms with Gasteiger partial charge in [-0.15, -0.1) is 0 Å². The maximum atomic E-state index is 15.0. The molecule has 5 heterocycles. The molecule has 78 heavy (non-hydrogen) atoms. The second-order valence-electron chi connectivity index (χ2n) is 23.0. The van der Waals surface area contributed by atoms with Crippen LogP contribution in [0, 0.1) is 34.2 Å². The molecule has 2 saturated heterocycles. The molecule has 0 bridgehead atoms. The third-order valence-electron chi connectivity index (χ3n) is 17.8. The number of anilines is 2. The number of ether oxygens (including phenoxy) is 3. The molecule has 3 aliphatic carbocycles. The quantitative estimate of drug-likeness (QED) is 0.0386. The minimum absolute atomic E-state index is 0.0442. The van der Waals surface area contributed by atoms with Crippen molar-refractivity contribution in [2.45, 2.75) is 103 Å². The van der Waals surface area contributed by atoms with E-state index in [9.17, 15) is 24.0 Å². The van der Waals surface area contributed by atoms with Crippen LogP contribution in [0.4, 0.5) is 21.6 Å². The van der Waals surface area contributed by atoms with Crippen molar-refractivity contribution in [3.63, 3.8) is 0 Å². The fourth-order valence-corrected chi connectivity index (χ4v) is 13.3. The number of piperazine rings is 1. The zero-order chi connectivity index (χ0) is 54.4. The number of rotatable bonds is 17. The molecular weight excluding hydrogens is 990 g/mol. The number of Topliss-reactive ketones (excluding diaryl/α,β-unsaturated/α-hetero) is 1. The van der Waals surface area contributed by atoms with Gasteiger partial charge in [-0.05, 0) is 109 Å². The number of carbonyl (C=O) groups excluding carboxylic acids is 3. The summed E-state index contributed by atoms with van der Waals surface area (Å²) in [6.07, 6.45) is 11.3. The van der Waals surface area contributed by atoms with Gasteiger partial charge >= 0.3 is 0 Å². The normalized spacial score (nSPS) is 24.6. The number of nitrogens with one attached hydrogen (secondary N) is 4. The average molecular weight is 1060 g/mol. The van der Waals surface area contributed by atoms with Crippen LogP contribution in [0.3, 0.4) is 0 Å². The van der Waals surface area contributed by atoms with Gasteiger partial charge in [-0.1, -0.05) is 70.0 Å². The van der Waals surface area contributed by atoms with E-state index < -0.39 is 23.4 Å². The number of fused-ring (bicyclic) bond motifs is 3. The molecule has 1 spiro atoms. The number of ketones is 1. The zero-order valence-corrected chi connectivity index (χ0v) is 45.6. The van der Waals surface area contributed by atoms with Crippen molar-refractivity contribution in [2.75, 3.05) is 64.2 Å². The van der Waals surface area contributed by atoms with E-state index in [0.717, 1.165) is 95.5 Å². The first kappa shape index (κ1) is 53.1.